The summed E-state index contributed by atoms with van der Waals surface area (Å²) in [7, 11) is 1.90. The highest BCUT2D eigenvalue weighted by atomic mass is 16.6. The van der Waals surface area contributed by atoms with Gasteiger partial charge in [0, 0.05) is 25.1 Å². The van der Waals surface area contributed by atoms with E-state index >= 15 is 0 Å². The molecule has 1 fully saturated rings. The number of aliphatic hydroxyl groups excluding tert-OH is 2. The van der Waals surface area contributed by atoms with Crippen LogP contribution >= 0.6 is 0 Å². The van der Waals surface area contributed by atoms with E-state index < -0.39 is 77.9 Å². The molecule has 17 nitrogen and oxygen atoms in total. The Bertz CT molecular complexity index is 1560. The molecule has 48 heavy (non-hydrogen) atoms. The van der Waals surface area contributed by atoms with Crippen molar-refractivity contribution >= 4 is 35.7 Å². The van der Waals surface area contributed by atoms with Gasteiger partial charge in [-0.3, -0.25) is 33.7 Å². The number of phenolic OH excluding ortho intramolecular Hbond substituents is 1. The van der Waals surface area contributed by atoms with Crippen molar-refractivity contribution in [1.82, 2.24) is 15.5 Å². The maximum Gasteiger partial charge on any atom is 0.312 e. The van der Waals surface area contributed by atoms with E-state index in [1.807, 2.05) is 7.05 Å². The minimum Gasteiger partial charge on any atom is -0.504 e. The molecule has 1 aromatic carbocycles. The van der Waals surface area contributed by atoms with Crippen molar-refractivity contribution in [3.8, 4) is 11.5 Å². The molecule has 5 rings (SSSR count). The van der Waals surface area contributed by atoms with Crippen molar-refractivity contribution in [3.05, 3.63) is 35.1 Å². The molecule has 17 heteroatoms. The number of rotatable bonds is 14. The number of carboxylic acids is 2. The van der Waals surface area contributed by atoms with Gasteiger partial charge < -0.3 is 50.4 Å². The molecular weight excluding hydrogens is 638 g/mol. The Labute approximate surface area is 273 Å². The smallest absolute Gasteiger partial charge is 0.312 e. The maximum absolute atomic E-state index is 13.4. The summed E-state index contributed by atoms with van der Waals surface area (Å²) < 4.78 is 18.5. The summed E-state index contributed by atoms with van der Waals surface area (Å²) in [4.78, 5) is 74.0. The third kappa shape index (κ3) is 6.15. The topological polar surface area (TPSA) is 259 Å². The fraction of sp³-hybridized carbons (Fsp3) is 0.548. The number of aromatic hydroxyl groups is 1. The number of hydrogen-bond donors (Lipinski definition) is 7. The first-order chi connectivity index (χ1) is 22.7. The first kappa shape index (κ1) is 34.6. The van der Waals surface area contributed by atoms with Crippen LogP contribution in [0.15, 0.2) is 24.0 Å². The summed E-state index contributed by atoms with van der Waals surface area (Å²) in [6, 6.07) is 2.93. The zero-order valence-electron chi connectivity index (χ0n) is 26.0. The van der Waals surface area contributed by atoms with Crippen molar-refractivity contribution < 1.29 is 68.5 Å². The number of amides is 2. The quantitative estimate of drug-likeness (QED) is 0.110. The molecule has 0 radical (unpaired) electrons. The summed E-state index contributed by atoms with van der Waals surface area (Å²) in [5, 5.41) is 52.4. The number of likely N-dealkylation sites (tertiary alicyclic amines) is 1. The van der Waals surface area contributed by atoms with Gasteiger partial charge in [0.25, 0.3) is 0 Å². The number of carbonyl (C=O) groups is 6. The maximum atomic E-state index is 13.4. The SMILES string of the molecule is CN1CC[C@]23c4c5ccc(O)c4O[C@H]2C(OC(=O)CCNC(=O)[C@@H](O)CC(=O)O)=CC[C@@]3(OC(=O)CCNC(=O)[C@@H](O)CC(=O)O)[C@H]1C5. The number of aliphatic carboxylic acids is 2. The number of ether oxygens (including phenoxy) is 3. The van der Waals surface area contributed by atoms with E-state index in [0.29, 0.717) is 24.9 Å². The first-order valence-corrected chi connectivity index (χ1v) is 15.4. The molecular formula is C31H37N3O14. The molecule has 0 unspecified atom stereocenters. The normalized spacial score (nSPS) is 26.1. The van der Waals surface area contributed by atoms with Gasteiger partial charge in [0.15, 0.2) is 17.6 Å². The lowest BCUT2D eigenvalue weighted by atomic mass is 9.50. The number of hydrogen-bond acceptors (Lipinski definition) is 13. The van der Waals surface area contributed by atoms with Crippen molar-refractivity contribution in [2.75, 3.05) is 26.7 Å². The van der Waals surface area contributed by atoms with Gasteiger partial charge in [0.1, 0.15) is 23.6 Å². The second-order valence-corrected chi connectivity index (χ2v) is 12.3. The molecule has 0 saturated carbocycles. The van der Waals surface area contributed by atoms with Crippen LogP contribution in [0.25, 0.3) is 0 Å². The highest BCUT2D eigenvalue weighted by Gasteiger charge is 2.74. The van der Waals surface area contributed by atoms with E-state index in [-0.39, 0.29) is 55.7 Å². The van der Waals surface area contributed by atoms with Crippen LogP contribution in [0.4, 0.5) is 0 Å². The minimum absolute atomic E-state index is 0.0898. The number of carbonyl (C=O) groups excluding carboxylic acids is 4. The average molecular weight is 676 g/mol. The highest BCUT2D eigenvalue weighted by molar-refractivity contribution is 5.86. The van der Waals surface area contributed by atoms with Gasteiger partial charge in [-0.1, -0.05) is 6.07 Å². The van der Waals surface area contributed by atoms with E-state index in [4.69, 9.17) is 24.4 Å². The summed E-state index contributed by atoms with van der Waals surface area (Å²) in [5.41, 5.74) is -0.841. The lowest BCUT2D eigenvalue weighted by Gasteiger charge is -2.62. The summed E-state index contributed by atoms with van der Waals surface area (Å²) >= 11 is 0. The number of carboxylic acid groups (broad SMARTS) is 2. The van der Waals surface area contributed by atoms with Crippen LogP contribution in [0.5, 0.6) is 11.5 Å². The summed E-state index contributed by atoms with van der Waals surface area (Å²) in [5.74, 6) is -5.93. The van der Waals surface area contributed by atoms with Crippen LogP contribution in [-0.4, -0.2) is 123 Å². The molecule has 4 aliphatic rings. The van der Waals surface area contributed by atoms with E-state index in [2.05, 4.69) is 15.5 Å². The van der Waals surface area contributed by atoms with Crippen molar-refractivity contribution in [2.24, 2.45) is 0 Å². The number of likely N-dealkylation sites (N-methyl/N-ethyl adjacent to an activating group) is 1. The molecule has 7 N–H and O–H groups in total. The van der Waals surface area contributed by atoms with E-state index in [1.54, 1.807) is 12.1 Å². The predicted octanol–water partition coefficient (Wildman–Crippen LogP) is -1.55. The molecule has 260 valence electrons. The van der Waals surface area contributed by atoms with Gasteiger partial charge in [-0.05, 0) is 44.1 Å². The van der Waals surface area contributed by atoms with Crippen LogP contribution in [0.2, 0.25) is 0 Å². The molecule has 2 aliphatic heterocycles. The number of piperidine rings is 1. The minimum atomic E-state index is -1.79. The number of benzene rings is 1. The number of aliphatic hydroxyl groups is 2. The Morgan fingerprint density at radius 2 is 1.58 bits per heavy atom. The number of esters is 2. The van der Waals surface area contributed by atoms with Gasteiger partial charge in [-0.25, -0.2) is 0 Å². The largest absolute Gasteiger partial charge is 0.504 e. The van der Waals surface area contributed by atoms with Crippen LogP contribution < -0.4 is 15.4 Å². The lowest BCUT2D eigenvalue weighted by Crippen LogP contribution is -2.75. The van der Waals surface area contributed by atoms with Crippen molar-refractivity contribution in [3.63, 3.8) is 0 Å². The molecule has 1 aromatic rings. The predicted molar refractivity (Wildman–Crippen MR) is 158 cm³/mol. The third-order valence-electron chi connectivity index (χ3n) is 9.44. The Morgan fingerprint density at radius 1 is 0.979 bits per heavy atom. The van der Waals surface area contributed by atoms with E-state index in [0.717, 1.165) is 5.56 Å². The van der Waals surface area contributed by atoms with Crippen molar-refractivity contribution in [2.45, 2.75) is 80.3 Å². The average Bonchev–Trinajstić information content (AvgIpc) is 3.37. The van der Waals surface area contributed by atoms with Crippen LogP contribution in [-0.2, 0) is 50.1 Å². The number of nitrogens with zero attached hydrogens (tertiary/aromatic N) is 1. The Kier molecular flexibility index (Phi) is 9.66. The molecule has 2 aliphatic carbocycles. The molecule has 6 atom stereocenters. The zero-order chi connectivity index (χ0) is 35.0. The van der Waals surface area contributed by atoms with Gasteiger partial charge in [-0.15, -0.1) is 0 Å². The fourth-order valence-corrected chi connectivity index (χ4v) is 7.37. The Hall–Kier alpha value is -4.74. The second-order valence-electron chi connectivity index (χ2n) is 12.3. The first-order valence-electron chi connectivity index (χ1n) is 15.4. The van der Waals surface area contributed by atoms with Gasteiger partial charge >= 0.3 is 23.9 Å². The highest BCUT2D eigenvalue weighted by Crippen LogP contribution is 2.66. The molecule has 0 aromatic heterocycles. The van der Waals surface area contributed by atoms with Gasteiger partial charge in [0.05, 0.1) is 37.1 Å². The molecule has 2 bridgehead atoms. The molecule has 1 saturated heterocycles. The van der Waals surface area contributed by atoms with Crippen molar-refractivity contribution in [1.29, 1.82) is 0 Å². The summed E-state index contributed by atoms with van der Waals surface area (Å²) in [6.07, 6.45) is -4.29. The second kappa shape index (κ2) is 13.4. The third-order valence-corrected chi connectivity index (χ3v) is 9.44. The van der Waals surface area contributed by atoms with Crippen LogP contribution in [0.1, 0.15) is 49.7 Å². The lowest BCUT2D eigenvalue weighted by molar-refractivity contribution is -0.206. The van der Waals surface area contributed by atoms with Gasteiger partial charge in [-0.2, -0.15) is 0 Å². The molecule has 1 spiro atoms. The van der Waals surface area contributed by atoms with Crippen LogP contribution in [0, 0.1) is 0 Å². The van der Waals surface area contributed by atoms with Crippen LogP contribution in [0.3, 0.4) is 0 Å². The monoisotopic (exact) mass is 675 g/mol. The zero-order valence-corrected chi connectivity index (χ0v) is 26.0. The van der Waals surface area contributed by atoms with E-state index in [9.17, 15) is 44.1 Å². The number of nitrogens with one attached hydrogen (secondary N) is 2. The molecule has 2 amide bonds. The van der Waals surface area contributed by atoms with Gasteiger partial charge in [0.2, 0.25) is 11.8 Å². The fourth-order valence-electron chi connectivity index (χ4n) is 7.37. The Balaban J connectivity index is 1.37. The number of phenols is 1. The summed E-state index contributed by atoms with van der Waals surface area (Å²) in [6.45, 7) is 0.0621. The van der Waals surface area contributed by atoms with E-state index in [1.165, 1.54) is 6.07 Å². The Morgan fingerprint density at radius 3 is 2.19 bits per heavy atom. The molecule has 2 heterocycles. The standard InChI is InChI=1S/C31H37N3O14/c1-34-11-8-30-25-15-2-3-16(35)26(25)47-27(30)19(46-23(42)5-9-32-28(44)17(36)13-21(38)39)4-7-31(30,20(34)12-15)48-24(43)6-10-33-29(45)18(37)14-22(40)41/h2-4,17-18,20,27,35-37H,5-14H2,1H3,(H,32,44)(H,33,45)(H,38,39)(H,40,41)/t17-,18-,20+,27-,30-,31+/m0/s1.